The van der Waals surface area contributed by atoms with Crippen LogP contribution >= 0.6 is 33.3 Å². The molecular weight excluding hydrogens is 211 g/mol. The molecule has 0 bridgehead atoms. The largest absolute Gasteiger partial charge is 0.270 e. The predicted molar refractivity (Wildman–Crippen MR) is 40.5 cm³/mol. The van der Waals surface area contributed by atoms with Crippen molar-refractivity contribution >= 4 is 33.3 Å². The second kappa shape index (κ2) is 2.37. The van der Waals surface area contributed by atoms with Gasteiger partial charge in [0.2, 0.25) is 0 Å². The lowest BCUT2D eigenvalue weighted by molar-refractivity contribution is 0.818. The summed E-state index contributed by atoms with van der Waals surface area (Å²) in [6.07, 6.45) is 6.29. The topological polar surface area (TPSA) is 9.23 Å². The number of rotatable bonds is 1. The Morgan fingerprint density at radius 3 is 1.50 bits per heavy atom. The summed E-state index contributed by atoms with van der Waals surface area (Å²) in [6, 6.07) is 0. The molecule has 0 aromatic rings. The lowest BCUT2D eigenvalue weighted by Crippen LogP contribution is -1.86. The number of hydrogen-bond donors (Lipinski definition) is 0. The molecule has 0 saturated heterocycles. The van der Waals surface area contributed by atoms with Crippen molar-refractivity contribution in [1.82, 2.24) is 0 Å². The van der Waals surface area contributed by atoms with Crippen LogP contribution in [0.15, 0.2) is 0 Å². The van der Waals surface area contributed by atoms with E-state index >= 15 is 0 Å². The van der Waals surface area contributed by atoms with Crippen LogP contribution in [0.1, 0.15) is 0 Å². The first-order chi connectivity index (χ1) is 2.56. The molecule has 1 nitrogen and oxygen atoms in total. The average molecular weight is 220 g/mol. The molecule has 6 heavy (non-hydrogen) atoms. The minimum Gasteiger partial charge on any atom is -0.270 e. The van der Waals surface area contributed by atoms with Crippen LogP contribution in [0.5, 0.6) is 0 Å². The van der Waals surface area contributed by atoms with Crippen molar-refractivity contribution in [3.63, 3.8) is 0 Å². The molecule has 0 heterocycles. The van der Waals surface area contributed by atoms with Crippen molar-refractivity contribution in [2.75, 3.05) is 18.8 Å². The molecule has 0 radical (unpaired) electrons. The second-order valence-corrected chi connectivity index (χ2v) is 6.44. The summed E-state index contributed by atoms with van der Waals surface area (Å²) in [5.74, 6) is 0. The molecule has 0 aliphatic carbocycles. The number of hydrogen-bond acceptors (Lipinski definition) is 1. The molecule has 0 unspecified atom stereocenters. The van der Waals surface area contributed by atoms with Crippen molar-refractivity contribution in [1.29, 1.82) is 0 Å². The molecule has 0 saturated carbocycles. The van der Waals surface area contributed by atoms with Crippen molar-refractivity contribution < 1.29 is 2.51 Å². The van der Waals surface area contributed by atoms with Crippen LogP contribution in [0.3, 0.4) is 0 Å². The summed E-state index contributed by atoms with van der Waals surface area (Å²) >= 11 is 1.93. The Labute approximate surface area is 54.7 Å². The van der Waals surface area contributed by atoms with E-state index in [4.69, 9.17) is 2.51 Å². The normalized spacial score (nSPS) is 14.7. The maximum atomic E-state index is 4.99. The summed E-state index contributed by atoms with van der Waals surface area (Å²) in [7, 11) is -0.675. The molecule has 0 aliphatic heterocycles. The van der Waals surface area contributed by atoms with Gasteiger partial charge >= 0.3 is 0 Å². The van der Waals surface area contributed by atoms with Crippen LogP contribution < -0.4 is 0 Å². The Bertz CT molecular complexity index is 40.5. The van der Waals surface area contributed by atoms with Crippen molar-refractivity contribution in [3.05, 3.63) is 0 Å². The molecule has 0 aliphatic rings. The van der Waals surface area contributed by atoms with Gasteiger partial charge in [-0.15, -0.1) is 10.3 Å². The fourth-order valence-electron chi connectivity index (χ4n) is 0. The van der Waals surface area contributed by atoms with E-state index in [0.29, 0.717) is 0 Å². The summed E-state index contributed by atoms with van der Waals surface area (Å²) in [6.45, 7) is 0. The third-order valence-electron chi connectivity index (χ3n) is 0.189. The first-order valence-electron chi connectivity index (χ1n) is 1.55. The summed E-state index contributed by atoms with van der Waals surface area (Å²) < 4.78 is 4.99. The lowest BCUT2D eigenvalue weighted by atomic mass is 11.9. The van der Waals surface area contributed by atoms with E-state index < -0.39 is 10.3 Å². The fourth-order valence-corrected chi connectivity index (χ4v) is 0. The maximum absolute atomic E-state index is 4.99. The van der Waals surface area contributed by atoms with E-state index in [2.05, 4.69) is 18.8 Å². The van der Waals surface area contributed by atoms with Gasteiger partial charge in [-0.3, -0.25) is 2.51 Å². The van der Waals surface area contributed by atoms with E-state index in [9.17, 15) is 0 Å². The smallest absolute Gasteiger partial charge is 0.124 e. The summed E-state index contributed by atoms with van der Waals surface area (Å²) in [4.78, 5) is 0. The quantitative estimate of drug-likeness (QED) is 0.614. The van der Waals surface area contributed by atoms with Crippen LogP contribution in [0.2, 0.25) is 0 Å². The molecule has 0 aromatic heterocycles. The molecule has 0 spiro atoms. The van der Waals surface area contributed by atoms with Crippen LogP contribution in [0, 0.1) is 0 Å². The molecule has 0 aromatic carbocycles. The van der Waals surface area contributed by atoms with Gasteiger partial charge in [-0.1, -0.05) is 0 Å². The Kier molecular flexibility index (Phi) is 2.78. The zero-order valence-corrected chi connectivity index (χ0v) is 7.17. The standard InChI is InChI=1S/C3H9IOS/c1-6(2,3)5-4/h1-3H3. The van der Waals surface area contributed by atoms with Gasteiger partial charge in [-0.2, -0.15) is 0 Å². The Balaban J connectivity index is 3.17. The third-order valence-corrected chi connectivity index (χ3v) is 3.80. The van der Waals surface area contributed by atoms with Crippen LogP contribution in [0.25, 0.3) is 0 Å². The highest BCUT2D eigenvalue weighted by molar-refractivity contribution is 14.1. The predicted octanol–water partition coefficient (Wildman–Crippen LogP) is 1.96. The first kappa shape index (κ1) is 7.04. The van der Waals surface area contributed by atoms with Crippen LogP contribution in [0.4, 0.5) is 0 Å². The van der Waals surface area contributed by atoms with Gasteiger partial charge in [-0.05, 0) is 18.8 Å². The third kappa shape index (κ3) is 5.04. The molecule has 3 heteroatoms. The lowest BCUT2D eigenvalue weighted by Gasteiger charge is -2.19. The van der Waals surface area contributed by atoms with Gasteiger partial charge in [0.25, 0.3) is 0 Å². The van der Waals surface area contributed by atoms with Crippen LogP contribution in [-0.2, 0) is 2.51 Å². The highest BCUT2D eigenvalue weighted by Crippen LogP contribution is 2.38. The van der Waals surface area contributed by atoms with E-state index in [1.165, 1.54) is 0 Å². The van der Waals surface area contributed by atoms with Gasteiger partial charge in [0.1, 0.15) is 23.0 Å². The van der Waals surface area contributed by atoms with E-state index in [0.717, 1.165) is 0 Å². The second-order valence-electron chi connectivity index (χ2n) is 1.79. The molecule has 40 valence electrons. The monoisotopic (exact) mass is 220 g/mol. The molecular formula is C3H9IOS. The zero-order valence-electron chi connectivity index (χ0n) is 4.19. The Hall–Kier alpha value is 1.04. The van der Waals surface area contributed by atoms with E-state index in [1.807, 2.05) is 23.0 Å². The highest BCUT2D eigenvalue weighted by atomic mass is 127. The zero-order chi connectivity index (χ0) is 5.21. The van der Waals surface area contributed by atoms with Gasteiger partial charge in [-0.25, -0.2) is 0 Å². The minimum atomic E-state index is -0.675. The Morgan fingerprint density at radius 1 is 1.33 bits per heavy atom. The Morgan fingerprint density at radius 2 is 1.50 bits per heavy atom. The van der Waals surface area contributed by atoms with Crippen molar-refractivity contribution in [2.45, 2.75) is 0 Å². The van der Waals surface area contributed by atoms with Crippen molar-refractivity contribution in [2.24, 2.45) is 0 Å². The van der Waals surface area contributed by atoms with Crippen molar-refractivity contribution in [3.8, 4) is 0 Å². The van der Waals surface area contributed by atoms with Gasteiger partial charge < -0.3 is 0 Å². The molecule has 0 fully saturated rings. The molecule has 0 amide bonds. The average Bonchev–Trinajstić information content (AvgIpc) is 1.35. The maximum Gasteiger partial charge on any atom is 0.124 e. The first-order valence-corrected chi connectivity index (χ1v) is 5.21. The van der Waals surface area contributed by atoms with Crippen LogP contribution in [-0.4, -0.2) is 18.8 Å². The SMILES string of the molecule is CS(C)(C)OI. The van der Waals surface area contributed by atoms with E-state index in [-0.39, 0.29) is 0 Å². The summed E-state index contributed by atoms with van der Waals surface area (Å²) in [5, 5.41) is 0. The minimum absolute atomic E-state index is 0.675. The van der Waals surface area contributed by atoms with Gasteiger partial charge in [0, 0.05) is 0 Å². The van der Waals surface area contributed by atoms with E-state index in [1.54, 1.807) is 0 Å². The van der Waals surface area contributed by atoms with Gasteiger partial charge in [0.15, 0.2) is 0 Å². The number of halogens is 1. The molecule has 0 rings (SSSR count). The van der Waals surface area contributed by atoms with Gasteiger partial charge in [0.05, 0.1) is 0 Å². The summed E-state index contributed by atoms with van der Waals surface area (Å²) in [5.41, 5.74) is 0. The highest BCUT2D eigenvalue weighted by Gasteiger charge is 1.97. The fraction of sp³-hybridized carbons (Fsp3) is 1.00. The molecule has 0 N–H and O–H groups in total. The molecule has 0 atom stereocenters.